The first-order valence-electron chi connectivity index (χ1n) is 6.42. The highest BCUT2D eigenvalue weighted by Crippen LogP contribution is 2.38. The zero-order valence-corrected chi connectivity index (χ0v) is 11.5. The molecule has 1 aromatic heterocycles. The average molecular weight is 279 g/mol. The number of fused-ring (bicyclic) bond motifs is 1. The highest BCUT2D eigenvalue weighted by molar-refractivity contribution is 7.17. The van der Waals surface area contributed by atoms with E-state index < -0.39 is 5.97 Å². The number of aryl methyl sites for hydroxylation is 1. The molecule has 0 aliphatic heterocycles. The Kier molecular flexibility index (Phi) is 4.37. The molecule has 0 saturated heterocycles. The summed E-state index contributed by atoms with van der Waals surface area (Å²) in [6.07, 6.45) is 6.45. The molecule has 0 bridgehead atoms. The predicted octanol–water partition coefficient (Wildman–Crippen LogP) is 3.23. The van der Waals surface area contributed by atoms with Gasteiger partial charge in [-0.1, -0.05) is 6.08 Å². The molecule has 1 aromatic rings. The summed E-state index contributed by atoms with van der Waals surface area (Å²) < 4.78 is 0. The van der Waals surface area contributed by atoms with Crippen LogP contribution in [0.1, 0.15) is 46.5 Å². The van der Waals surface area contributed by atoms with Crippen molar-refractivity contribution in [2.45, 2.75) is 38.5 Å². The standard InChI is InChI=1S/C14H17NO3S/c1-2-3-8-11(16)15-13-12(14(17)18)9-6-4-5-7-10(9)19-13/h2H,1,3-8H2,(H,15,16)(H,17,18). The van der Waals surface area contributed by atoms with Gasteiger partial charge in [-0.3, -0.25) is 4.79 Å². The molecule has 1 heterocycles. The van der Waals surface area contributed by atoms with E-state index in [1.807, 2.05) is 0 Å². The molecule has 2 rings (SSSR count). The van der Waals surface area contributed by atoms with Crippen molar-refractivity contribution in [3.8, 4) is 0 Å². The Morgan fingerprint density at radius 3 is 2.79 bits per heavy atom. The molecular formula is C14H17NO3S. The van der Waals surface area contributed by atoms with E-state index in [2.05, 4.69) is 11.9 Å². The normalized spacial score (nSPS) is 13.7. The monoisotopic (exact) mass is 279 g/mol. The van der Waals surface area contributed by atoms with E-state index in [0.29, 0.717) is 23.4 Å². The van der Waals surface area contributed by atoms with Gasteiger partial charge in [0.15, 0.2) is 0 Å². The maximum absolute atomic E-state index is 11.7. The number of carboxylic acid groups (broad SMARTS) is 1. The van der Waals surface area contributed by atoms with Crippen LogP contribution >= 0.6 is 11.3 Å². The average Bonchev–Trinajstić information content (AvgIpc) is 2.74. The van der Waals surface area contributed by atoms with Gasteiger partial charge in [-0.2, -0.15) is 0 Å². The molecule has 1 amide bonds. The zero-order chi connectivity index (χ0) is 13.8. The minimum atomic E-state index is -0.946. The van der Waals surface area contributed by atoms with Crippen molar-refractivity contribution in [3.63, 3.8) is 0 Å². The fourth-order valence-electron chi connectivity index (χ4n) is 2.30. The first-order valence-corrected chi connectivity index (χ1v) is 7.23. The van der Waals surface area contributed by atoms with Crippen molar-refractivity contribution in [3.05, 3.63) is 28.7 Å². The Morgan fingerprint density at radius 1 is 1.37 bits per heavy atom. The lowest BCUT2D eigenvalue weighted by atomic mass is 9.95. The van der Waals surface area contributed by atoms with Crippen LogP contribution in [0.2, 0.25) is 0 Å². The minimum absolute atomic E-state index is 0.152. The van der Waals surface area contributed by atoms with Gasteiger partial charge >= 0.3 is 5.97 Å². The molecule has 0 spiro atoms. The lowest BCUT2D eigenvalue weighted by molar-refractivity contribution is -0.116. The van der Waals surface area contributed by atoms with Crippen LogP contribution < -0.4 is 5.32 Å². The van der Waals surface area contributed by atoms with Crippen LogP contribution in [-0.2, 0) is 17.6 Å². The number of carboxylic acids is 1. The SMILES string of the molecule is C=CCCC(=O)Nc1sc2c(c1C(=O)O)CCCC2. The third-order valence-electron chi connectivity index (χ3n) is 3.21. The second kappa shape index (κ2) is 6.02. The van der Waals surface area contributed by atoms with Crippen LogP contribution in [0.5, 0.6) is 0 Å². The number of anilines is 1. The topological polar surface area (TPSA) is 66.4 Å². The van der Waals surface area contributed by atoms with E-state index in [4.69, 9.17) is 0 Å². The number of hydrogen-bond donors (Lipinski definition) is 2. The number of allylic oxidation sites excluding steroid dienone is 1. The van der Waals surface area contributed by atoms with Crippen molar-refractivity contribution in [1.29, 1.82) is 0 Å². The van der Waals surface area contributed by atoms with Crippen molar-refractivity contribution in [2.24, 2.45) is 0 Å². The molecule has 2 N–H and O–H groups in total. The molecule has 0 fully saturated rings. The van der Waals surface area contributed by atoms with Gasteiger partial charge in [0.2, 0.25) is 5.91 Å². The van der Waals surface area contributed by atoms with Crippen LogP contribution in [0, 0.1) is 0 Å². The van der Waals surface area contributed by atoms with Crippen LogP contribution in [0.25, 0.3) is 0 Å². The van der Waals surface area contributed by atoms with Gasteiger partial charge in [-0.05, 0) is 37.7 Å². The third-order valence-corrected chi connectivity index (χ3v) is 4.42. The quantitative estimate of drug-likeness (QED) is 0.813. The first kappa shape index (κ1) is 13.8. The molecule has 0 unspecified atom stereocenters. The smallest absolute Gasteiger partial charge is 0.339 e. The number of thiophene rings is 1. The van der Waals surface area contributed by atoms with Crippen molar-refractivity contribution >= 4 is 28.2 Å². The Morgan fingerprint density at radius 2 is 2.11 bits per heavy atom. The number of aromatic carboxylic acids is 1. The lowest BCUT2D eigenvalue weighted by Gasteiger charge is -2.10. The number of rotatable bonds is 5. The Hall–Kier alpha value is -1.62. The summed E-state index contributed by atoms with van der Waals surface area (Å²) in [5.41, 5.74) is 1.22. The molecule has 4 nitrogen and oxygen atoms in total. The number of nitrogens with one attached hydrogen (secondary N) is 1. The summed E-state index contributed by atoms with van der Waals surface area (Å²) in [5, 5.41) is 12.6. The van der Waals surface area contributed by atoms with Crippen LogP contribution in [0.4, 0.5) is 5.00 Å². The van der Waals surface area contributed by atoms with E-state index in [0.717, 1.165) is 36.1 Å². The largest absolute Gasteiger partial charge is 0.478 e. The molecule has 19 heavy (non-hydrogen) atoms. The highest BCUT2D eigenvalue weighted by Gasteiger charge is 2.25. The molecule has 0 radical (unpaired) electrons. The Labute approximate surface area is 116 Å². The first-order chi connectivity index (χ1) is 9.13. The van der Waals surface area contributed by atoms with Gasteiger partial charge < -0.3 is 10.4 Å². The highest BCUT2D eigenvalue weighted by atomic mass is 32.1. The van der Waals surface area contributed by atoms with Crippen molar-refractivity contribution < 1.29 is 14.7 Å². The summed E-state index contributed by atoms with van der Waals surface area (Å²) in [6, 6.07) is 0. The molecule has 0 atom stereocenters. The maximum atomic E-state index is 11.7. The van der Waals surface area contributed by atoms with E-state index in [9.17, 15) is 14.7 Å². The molecule has 5 heteroatoms. The second-order valence-corrected chi connectivity index (χ2v) is 5.70. The van der Waals surface area contributed by atoms with E-state index in [-0.39, 0.29) is 5.91 Å². The van der Waals surface area contributed by atoms with Crippen LogP contribution in [0.3, 0.4) is 0 Å². The third kappa shape index (κ3) is 3.04. The second-order valence-electron chi connectivity index (χ2n) is 4.60. The number of carbonyl (C=O) groups is 2. The van der Waals surface area contributed by atoms with E-state index in [1.54, 1.807) is 6.08 Å². The predicted molar refractivity (Wildman–Crippen MR) is 76.0 cm³/mol. The summed E-state index contributed by atoms with van der Waals surface area (Å²) in [4.78, 5) is 24.2. The van der Waals surface area contributed by atoms with Gasteiger partial charge in [0.05, 0.1) is 5.56 Å². The van der Waals surface area contributed by atoms with Gasteiger partial charge in [0, 0.05) is 11.3 Å². The van der Waals surface area contributed by atoms with E-state index >= 15 is 0 Å². The number of hydrogen-bond acceptors (Lipinski definition) is 3. The van der Waals surface area contributed by atoms with Gasteiger partial charge in [-0.25, -0.2) is 4.79 Å². The molecule has 1 aliphatic carbocycles. The fraction of sp³-hybridized carbons (Fsp3) is 0.429. The Bertz CT molecular complexity index is 519. The summed E-state index contributed by atoms with van der Waals surface area (Å²) >= 11 is 1.41. The Balaban J connectivity index is 2.24. The summed E-state index contributed by atoms with van der Waals surface area (Å²) in [6.45, 7) is 3.57. The van der Waals surface area contributed by atoms with Gasteiger partial charge in [0.25, 0.3) is 0 Å². The van der Waals surface area contributed by atoms with Gasteiger partial charge in [0.1, 0.15) is 5.00 Å². The summed E-state index contributed by atoms with van der Waals surface area (Å²) in [7, 11) is 0. The number of carbonyl (C=O) groups excluding carboxylic acids is 1. The number of amides is 1. The van der Waals surface area contributed by atoms with Crippen molar-refractivity contribution in [1.82, 2.24) is 0 Å². The fourth-order valence-corrected chi connectivity index (χ4v) is 3.60. The van der Waals surface area contributed by atoms with Gasteiger partial charge in [-0.15, -0.1) is 17.9 Å². The molecule has 0 saturated carbocycles. The molecule has 0 aromatic carbocycles. The van der Waals surface area contributed by atoms with E-state index in [1.165, 1.54) is 11.3 Å². The van der Waals surface area contributed by atoms with Crippen LogP contribution in [0.15, 0.2) is 12.7 Å². The minimum Gasteiger partial charge on any atom is -0.478 e. The lowest BCUT2D eigenvalue weighted by Crippen LogP contribution is -2.13. The molecule has 1 aliphatic rings. The van der Waals surface area contributed by atoms with Crippen molar-refractivity contribution in [2.75, 3.05) is 5.32 Å². The van der Waals surface area contributed by atoms with Crippen LogP contribution in [-0.4, -0.2) is 17.0 Å². The molecular weight excluding hydrogens is 262 g/mol. The maximum Gasteiger partial charge on any atom is 0.339 e. The summed E-state index contributed by atoms with van der Waals surface area (Å²) in [5.74, 6) is -1.10. The zero-order valence-electron chi connectivity index (χ0n) is 10.7. The molecule has 102 valence electrons.